The number of carbonyl (C=O) groups is 1. The van der Waals surface area contributed by atoms with E-state index in [-0.39, 0.29) is 58.4 Å². The van der Waals surface area contributed by atoms with Gasteiger partial charge in [0.25, 0.3) is 0 Å². The Hall–Kier alpha value is -2.74. The third-order valence-corrected chi connectivity index (χ3v) is 5.98. The molecule has 3 atom stereocenters. The van der Waals surface area contributed by atoms with Gasteiger partial charge in [-0.2, -0.15) is 18.2 Å². The van der Waals surface area contributed by atoms with Crippen LogP contribution < -0.4 is 26.5 Å². The summed E-state index contributed by atoms with van der Waals surface area (Å²) < 4.78 is 31.9. The fourth-order valence-corrected chi connectivity index (χ4v) is 3.90. The standard InChI is InChI=1S/C15H17NO4.C11H13O2.C4H3NO2.BrH.Mg/c17-15(13-9-16-10-19-13)11-4-6-12(7-5-11)20-14-3-1-2-8-18-14;1-2-6-10(7-3-1)13-11-8-4-5-9-12-11;6-2-4-1-5-3-7-4;;/h4-7,9-10,14-15,17H,1-3,8H2;2-3,6-7,11H,4-5,8-9H2;1-3H;1H;/q;-1;;;+2/p-1. The van der Waals surface area contributed by atoms with Crippen molar-refractivity contribution in [1.29, 1.82) is 0 Å². The zero-order chi connectivity index (χ0) is 27.8. The minimum atomic E-state index is -0.808. The van der Waals surface area contributed by atoms with E-state index in [0.29, 0.717) is 12.0 Å². The fourth-order valence-electron chi connectivity index (χ4n) is 3.90. The maximum Gasteiger partial charge on any atom is 2.00 e. The summed E-state index contributed by atoms with van der Waals surface area (Å²) in [6.45, 7) is 1.58. The summed E-state index contributed by atoms with van der Waals surface area (Å²) in [7, 11) is 0. The molecule has 42 heavy (non-hydrogen) atoms. The number of halogens is 1. The normalized spacial score (nSPS) is 18.2. The predicted octanol–water partition coefficient (Wildman–Crippen LogP) is 2.16. The summed E-state index contributed by atoms with van der Waals surface area (Å²) >= 11 is 0. The number of rotatable bonds is 7. The predicted molar refractivity (Wildman–Crippen MR) is 148 cm³/mol. The molecule has 2 saturated heterocycles. The molecule has 10 nitrogen and oxygen atoms in total. The summed E-state index contributed by atoms with van der Waals surface area (Å²) in [6.07, 6.45) is 11.5. The van der Waals surface area contributed by atoms with E-state index in [4.69, 9.17) is 23.4 Å². The summed E-state index contributed by atoms with van der Waals surface area (Å²) in [5.74, 6) is 2.30. The average molecular weight is 654 g/mol. The van der Waals surface area contributed by atoms with Gasteiger partial charge in [-0.15, -0.1) is 12.1 Å². The molecular formula is C30H33BrMgN2O8. The summed E-state index contributed by atoms with van der Waals surface area (Å²) in [6, 6.07) is 17.7. The van der Waals surface area contributed by atoms with Crippen LogP contribution in [0.15, 0.2) is 82.5 Å². The summed E-state index contributed by atoms with van der Waals surface area (Å²) in [5.41, 5.74) is 0.735. The molecule has 0 radical (unpaired) electrons. The van der Waals surface area contributed by atoms with Crippen molar-refractivity contribution in [2.75, 3.05) is 13.2 Å². The van der Waals surface area contributed by atoms with E-state index in [9.17, 15) is 9.90 Å². The first kappa shape index (κ1) is 35.5. The molecule has 2 aromatic heterocycles. The van der Waals surface area contributed by atoms with Crippen LogP contribution in [0.1, 0.15) is 66.5 Å². The van der Waals surface area contributed by atoms with Crippen molar-refractivity contribution in [1.82, 2.24) is 9.97 Å². The van der Waals surface area contributed by atoms with Gasteiger partial charge in [-0.25, -0.2) is 9.97 Å². The number of aldehydes is 1. The van der Waals surface area contributed by atoms with E-state index in [1.807, 2.05) is 48.5 Å². The Morgan fingerprint density at radius 2 is 1.40 bits per heavy atom. The molecule has 0 aliphatic carbocycles. The Morgan fingerprint density at radius 1 is 0.833 bits per heavy atom. The first-order valence-corrected chi connectivity index (χ1v) is 13.2. The van der Waals surface area contributed by atoms with Gasteiger partial charge in [0.1, 0.15) is 11.9 Å². The molecule has 2 aromatic carbocycles. The van der Waals surface area contributed by atoms with Crippen molar-refractivity contribution in [3.8, 4) is 11.5 Å². The van der Waals surface area contributed by atoms with Gasteiger partial charge in [-0.3, -0.25) is 4.79 Å². The number of ether oxygens (including phenoxy) is 4. The van der Waals surface area contributed by atoms with Gasteiger partial charge in [0.05, 0.1) is 25.6 Å². The number of aliphatic hydroxyl groups excluding tert-OH is 1. The number of aromatic nitrogens is 2. The van der Waals surface area contributed by atoms with Crippen molar-refractivity contribution < 1.29 is 54.7 Å². The van der Waals surface area contributed by atoms with E-state index in [1.54, 1.807) is 0 Å². The van der Waals surface area contributed by atoms with Crippen molar-refractivity contribution in [3.05, 3.63) is 96.9 Å². The molecule has 4 heterocycles. The van der Waals surface area contributed by atoms with Crippen LogP contribution in [-0.2, 0) is 9.47 Å². The monoisotopic (exact) mass is 652 g/mol. The SMILES string of the molecule is O=Cc1cnco1.OC(c1ccc(OC2CCCCO2)cc1)c1cnco1.[Br-].[Mg+2].[c-]1ccc(OC2CCCCO2)cc1. The van der Waals surface area contributed by atoms with Crippen LogP contribution in [0.2, 0.25) is 0 Å². The Balaban J connectivity index is 0.000000241. The second kappa shape index (κ2) is 20.2. The third kappa shape index (κ3) is 12.2. The van der Waals surface area contributed by atoms with E-state index in [2.05, 4.69) is 20.5 Å². The number of nitrogens with zero attached hydrogens (tertiary/aromatic N) is 2. The first-order chi connectivity index (χ1) is 19.7. The van der Waals surface area contributed by atoms with Crippen molar-refractivity contribution >= 4 is 29.3 Å². The molecule has 0 spiro atoms. The third-order valence-electron chi connectivity index (χ3n) is 5.98. The smallest absolute Gasteiger partial charge is 1.00 e. The zero-order valence-corrected chi connectivity index (χ0v) is 26.2. The van der Waals surface area contributed by atoms with Crippen LogP contribution in [0.3, 0.4) is 0 Å². The van der Waals surface area contributed by atoms with Crippen LogP contribution in [0.5, 0.6) is 11.5 Å². The number of aliphatic hydroxyl groups is 1. The van der Waals surface area contributed by atoms with Crippen molar-refractivity contribution in [3.63, 3.8) is 0 Å². The average Bonchev–Trinajstić information content (AvgIpc) is 3.75. The molecule has 2 aliphatic heterocycles. The van der Waals surface area contributed by atoms with Crippen LogP contribution in [0.25, 0.3) is 0 Å². The maximum atomic E-state index is 10.1. The summed E-state index contributed by atoms with van der Waals surface area (Å²) in [4.78, 5) is 17.0. The number of benzene rings is 2. The molecule has 0 saturated carbocycles. The van der Waals surface area contributed by atoms with Gasteiger partial charge in [0.15, 0.2) is 43.2 Å². The largest absolute Gasteiger partial charge is 2.00 e. The molecule has 220 valence electrons. The zero-order valence-electron chi connectivity index (χ0n) is 23.2. The van der Waals surface area contributed by atoms with Crippen LogP contribution in [0.4, 0.5) is 0 Å². The van der Waals surface area contributed by atoms with E-state index >= 15 is 0 Å². The van der Waals surface area contributed by atoms with Gasteiger partial charge in [-0.1, -0.05) is 12.1 Å². The van der Waals surface area contributed by atoms with E-state index in [0.717, 1.165) is 62.4 Å². The van der Waals surface area contributed by atoms with E-state index in [1.165, 1.54) is 31.6 Å². The molecule has 0 amide bonds. The molecular weight excluding hydrogens is 621 g/mol. The molecule has 2 fully saturated rings. The maximum absolute atomic E-state index is 10.1. The molecule has 3 unspecified atom stereocenters. The Bertz CT molecular complexity index is 1200. The number of hydrogen-bond acceptors (Lipinski definition) is 10. The van der Waals surface area contributed by atoms with Crippen LogP contribution >= 0.6 is 0 Å². The Labute approximate surface area is 271 Å². The second-order valence-corrected chi connectivity index (χ2v) is 8.96. The Kier molecular flexibility index (Phi) is 17.1. The van der Waals surface area contributed by atoms with Gasteiger partial charge in [0.2, 0.25) is 0 Å². The van der Waals surface area contributed by atoms with Crippen LogP contribution in [-0.4, -0.2) is 70.2 Å². The number of oxazole rings is 2. The van der Waals surface area contributed by atoms with Gasteiger partial charge < -0.3 is 49.9 Å². The van der Waals surface area contributed by atoms with Crippen molar-refractivity contribution in [2.45, 2.75) is 57.2 Å². The van der Waals surface area contributed by atoms with Gasteiger partial charge in [0, 0.05) is 18.6 Å². The van der Waals surface area contributed by atoms with Crippen molar-refractivity contribution in [2.24, 2.45) is 0 Å². The number of hydrogen-bond donors (Lipinski definition) is 1. The molecule has 1 N–H and O–H groups in total. The second-order valence-electron chi connectivity index (χ2n) is 8.96. The molecule has 6 rings (SSSR count). The molecule has 0 bridgehead atoms. The minimum Gasteiger partial charge on any atom is -1.00 e. The summed E-state index contributed by atoms with van der Waals surface area (Å²) in [5, 5.41) is 10.1. The minimum absolute atomic E-state index is 0. The Morgan fingerprint density at radius 3 is 1.86 bits per heavy atom. The first-order valence-electron chi connectivity index (χ1n) is 13.2. The van der Waals surface area contributed by atoms with E-state index < -0.39 is 6.10 Å². The quantitative estimate of drug-likeness (QED) is 0.180. The topological polar surface area (TPSA) is 126 Å². The van der Waals surface area contributed by atoms with Gasteiger partial charge >= 0.3 is 23.1 Å². The van der Waals surface area contributed by atoms with Gasteiger partial charge in [-0.05, 0) is 43.4 Å². The molecule has 2 aliphatic rings. The number of carbonyl (C=O) groups excluding carboxylic acids is 1. The van der Waals surface area contributed by atoms with Crippen LogP contribution in [0, 0.1) is 6.07 Å². The molecule has 12 heteroatoms. The molecule has 4 aromatic rings. The fraction of sp³-hybridized carbons (Fsp3) is 0.367.